The SMILES string of the molecule is O=C(CCc1nnc(-c2ccc(Cl)cc2)[nH]c1=O)N1CCCCC1. The Labute approximate surface area is 144 Å². The molecule has 0 radical (unpaired) electrons. The van der Waals surface area contributed by atoms with Crippen molar-refractivity contribution >= 4 is 17.5 Å². The third-order valence-electron chi connectivity index (χ3n) is 4.17. The van der Waals surface area contributed by atoms with E-state index in [4.69, 9.17) is 11.6 Å². The number of nitrogens with one attached hydrogen (secondary N) is 1. The second-order valence-electron chi connectivity index (χ2n) is 5.90. The number of carbonyl (C=O) groups excluding carboxylic acids is 1. The van der Waals surface area contributed by atoms with Gasteiger partial charge in [0.1, 0.15) is 5.69 Å². The molecule has 7 heteroatoms. The maximum Gasteiger partial charge on any atom is 0.273 e. The Morgan fingerprint density at radius 2 is 1.83 bits per heavy atom. The minimum Gasteiger partial charge on any atom is -0.343 e. The van der Waals surface area contributed by atoms with Gasteiger partial charge in [0.15, 0.2) is 5.82 Å². The van der Waals surface area contributed by atoms with Crippen molar-refractivity contribution in [3.05, 3.63) is 45.3 Å². The number of halogens is 1. The van der Waals surface area contributed by atoms with Crippen molar-refractivity contribution in [3.8, 4) is 11.4 Å². The summed E-state index contributed by atoms with van der Waals surface area (Å²) in [7, 11) is 0. The minimum absolute atomic E-state index is 0.0812. The molecule has 1 saturated heterocycles. The molecular formula is C17H19ClN4O2. The maximum atomic E-state index is 12.2. The quantitative estimate of drug-likeness (QED) is 0.922. The van der Waals surface area contributed by atoms with Crippen LogP contribution in [0.15, 0.2) is 29.1 Å². The van der Waals surface area contributed by atoms with Crippen molar-refractivity contribution in [1.82, 2.24) is 20.1 Å². The van der Waals surface area contributed by atoms with Crippen LogP contribution in [-0.4, -0.2) is 39.1 Å². The van der Waals surface area contributed by atoms with Gasteiger partial charge in [-0.15, -0.1) is 10.2 Å². The number of hydrogen-bond acceptors (Lipinski definition) is 4. The van der Waals surface area contributed by atoms with Crippen LogP contribution in [-0.2, 0) is 11.2 Å². The van der Waals surface area contributed by atoms with Gasteiger partial charge in [0.25, 0.3) is 5.56 Å². The fourth-order valence-electron chi connectivity index (χ4n) is 2.79. The molecule has 1 N–H and O–H groups in total. The first kappa shape index (κ1) is 16.6. The highest BCUT2D eigenvalue weighted by Crippen LogP contribution is 2.16. The molecule has 1 fully saturated rings. The number of nitrogens with zero attached hydrogens (tertiary/aromatic N) is 3. The van der Waals surface area contributed by atoms with E-state index in [-0.39, 0.29) is 23.6 Å². The lowest BCUT2D eigenvalue weighted by molar-refractivity contribution is -0.132. The van der Waals surface area contributed by atoms with Crippen molar-refractivity contribution in [2.75, 3.05) is 13.1 Å². The Bertz CT molecular complexity index is 767. The lowest BCUT2D eigenvalue weighted by Crippen LogP contribution is -2.36. The topological polar surface area (TPSA) is 79.0 Å². The van der Waals surface area contributed by atoms with Crippen LogP contribution in [0.4, 0.5) is 0 Å². The van der Waals surface area contributed by atoms with Gasteiger partial charge in [-0.1, -0.05) is 11.6 Å². The lowest BCUT2D eigenvalue weighted by Gasteiger charge is -2.26. The van der Waals surface area contributed by atoms with Gasteiger partial charge in [-0.25, -0.2) is 0 Å². The number of aryl methyl sites for hydroxylation is 1. The molecule has 2 aromatic rings. The summed E-state index contributed by atoms with van der Waals surface area (Å²) >= 11 is 5.85. The predicted octanol–water partition coefficient (Wildman–Crippen LogP) is 2.43. The zero-order valence-corrected chi connectivity index (χ0v) is 14.1. The maximum absolute atomic E-state index is 12.2. The Balaban J connectivity index is 1.65. The monoisotopic (exact) mass is 346 g/mol. The zero-order chi connectivity index (χ0) is 16.9. The van der Waals surface area contributed by atoms with E-state index in [1.165, 1.54) is 6.42 Å². The van der Waals surface area contributed by atoms with Gasteiger partial charge in [-0.05, 0) is 43.5 Å². The van der Waals surface area contributed by atoms with E-state index in [0.29, 0.717) is 17.3 Å². The van der Waals surface area contributed by atoms with Crippen molar-refractivity contribution in [2.24, 2.45) is 0 Å². The fourth-order valence-corrected chi connectivity index (χ4v) is 2.91. The lowest BCUT2D eigenvalue weighted by atomic mass is 10.1. The van der Waals surface area contributed by atoms with Gasteiger partial charge in [0.2, 0.25) is 5.91 Å². The van der Waals surface area contributed by atoms with Crippen molar-refractivity contribution in [2.45, 2.75) is 32.1 Å². The van der Waals surface area contributed by atoms with Crippen molar-refractivity contribution < 1.29 is 4.79 Å². The van der Waals surface area contributed by atoms with E-state index < -0.39 is 0 Å². The number of hydrogen-bond donors (Lipinski definition) is 1. The van der Waals surface area contributed by atoms with Crippen LogP contribution in [0.1, 0.15) is 31.4 Å². The highest BCUT2D eigenvalue weighted by molar-refractivity contribution is 6.30. The molecule has 1 amide bonds. The summed E-state index contributed by atoms with van der Waals surface area (Å²) in [5, 5.41) is 8.67. The zero-order valence-electron chi connectivity index (χ0n) is 13.3. The number of likely N-dealkylation sites (tertiary alicyclic amines) is 1. The first-order valence-electron chi connectivity index (χ1n) is 8.13. The van der Waals surface area contributed by atoms with Gasteiger partial charge in [0.05, 0.1) is 0 Å². The molecule has 24 heavy (non-hydrogen) atoms. The van der Waals surface area contributed by atoms with E-state index in [9.17, 15) is 9.59 Å². The van der Waals surface area contributed by atoms with Crippen LogP contribution in [0.2, 0.25) is 5.02 Å². The first-order valence-corrected chi connectivity index (χ1v) is 8.51. The van der Waals surface area contributed by atoms with Gasteiger partial charge in [-0.2, -0.15) is 0 Å². The molecule has 0 unspecified atom stereocenters. The molecule has 0 saturated carbocycles. The Hall–Kier alpha value is -2.21. The van der Waals surface area contributed by atoms with Gasteiger partial charge in [-0.3, -0.25) is 9.59 Å². The fraction of sp³-hybridized carbons (Fsp3) is 0.412. The average molecular weight is 347 g/mol. The summed E-state index contributed by atoms with van der Waals surface area (Å²) in [6.45, 7) is 1.63. The molecule has 0 aliphatic carbocycles. The number of benzene rings is 1. The largest absolute Gasteiger partial charge is 0.343 e. The number of aromatic amines is 1. The number of piperidine rings is 1. The smallest absolute Gasteiger partial charge is 0.273 e. The summed E-state index contributed by atoms with van der Waals surface area (Å²) in [4.78, 5) is 28.9. The van der Waals surface area contributed by atoms with Gasteiger partial charge in [0, 0.05) is 36.5 Å². The number of H-pyrrole nitrogens is 1. The highest BCUT2D eigenvalue weighted by Gasteiger charge is 2.17. The average Bonchev–Trinajstić information content (AvgIpc) is 2.62. The van der Waals surface area contributed by atoms with Gasteiger partial charge >= 0.3 is 0 Å². The molecule has 1 aliphatic rings. The van der Waals surface area contributed by atoms with Crippen LogP contribution in [0.3, 0.4) is 0 Å². The Morgan fingerprint density at radius 3 is 2.50 bits per heavy atom. The van der Waals surface area contributed by atoms with Gasteiger partial charge < -0.3 is 9.88 Å². The summed E-state index contributed by atoms with van der Waals surface area (Å²) in [5.74, 6) is 0.473. The van der Waals surface area contributed by atoms with E-state index in [2.05, 4.69) is 15.2 Å². The molecular weight excluding hydrogens is 328 g/mol. The molecule has 126 valence electrons. The third kappa shape index (κ3) is 4.00. The van der Waals surface area contributed by atoms with Crippen LogP contribution >= 0.6 is 11.6 Å². The summed E-state index contributed by atoms with van der Waals surface area (Å²) in [6, 6.07) is 6.98. The normalized spacial score (nSPS) is 14.6. The number of aromatic nitrogens is 3. The summed E-state index contributed by atoms with van der Waals surface area (Å²) < 4.78 is 0. The molecule has 1 aliphatic heterocycles. The van der Waals surface area contributed by atoms with E-state index in [1.807, 2.05) is 4.90 Å². The van der Waals surface area contributed by atoms with Crippen LogP contribution in [0, 0.1) is 0 Å². The second kappa shape index (κ2) is 7.57. The second-order valence-corrected chi connectivity index (χ2v) is 6.33. The Kier molecular flexibility index (Phi) is 5.25. The molecule has 6 nitrogen and oxygen atoms in total. The standard InChI is InChI=1S/C17H19ClN4O2/c18-13-6-4-12(5-7-13)16-19-17(24)14(20-21-16)8-9-15(23)22-10-2-1-3-11-22/h4-7H,1-3,8-11H2,(H,19,21,24). The number of amides is 1. The first-order chi connectivity index (χ1) is 11.6. The Morgan fingerprint density at radius 1 is 1.12 bits per heavy atom. The number of carbonyl (C=O) groups is 1. The van der Waals surface area contributed by atoms with Crippen molar-refractivity contribution in [3.63, 3.8) is 0 Å². The molecule has 0 atom stereocenters. The van der Waals surface area contributed by atoms with E-state index >= 15 is 0 Å². The minimum atomic E-state index is -0.304. The molecule has 1 aromatic carbocycles. The molecule has 3 rings (SSSR count). The van der Waals surface area contributed by atoms with Crippen molar-refractivity contribution in [1.29, 1.82) is 0 Å². The van der Waals surface area contributed by atoms with Crippen LogP contribution in [0.5, 0.6) is 0 Å². The number of rotatable bonds is 4. The highest BCUT2D eigenvalue weighted by atomic mass is 35.5. The third-order valence-corrected chi connectivity index (χ3v) is 4.42. The predicted molar refractivity (Wildman–Crippen MR) is 91.9 cm³/mol. The van der Waals surface area contributed by atoms with E-state index in [1.54, 1.807) is 24.3 Å². The molecule has 0 bridgehead atoms. The van der Waals surface area contributed by atoms with E-state index in [0.717, 1.165) is 31.5 Å². The summed E-state index contributed by atoms with van der Waals surface area (Å²) in [6.07, 6.45) is 3.89. The summed E-state index contributed by atoms with van der Waals surface area (Å²) in [5.41, 5.74) is 0.722. The molecule has 2 heterocycles. The van der Waals surface area contributed by atoms with Crippen LogP contribution < -0.4 is 5.56 Å². The molecule has 1 aromatic heterocycles. The van der Waals surface area contributed by atoms with Crippen LogP contribution in [0.25, 0.3) is 11.4 Å². The molecule has 0 spiro atoms.